The number of pyridine rings is 1. The van der Waals surface area contributed by atoms with Gasteiger partial charge in [-0.2, -0.15) is 9.94 Å². The molecular formula is C11H6N6O2. The fourth-order valence-corrected chi connectivity index (χ4v) is 1.76. The number of aromatic nitrogens is 5. The zero-order chi connectivity index (χ0) is 13.4. The van der Waals surface area contributed by atoms with E-state index in [-0.39, 0.29) is 17.3 Å². The molecular weight excluding hydrogens is 248 g/mol. The van der Waals surface area contributed by atoms with Crippen LogP contribution in [0.1, 0.15) is 16.3 Å². The Bertz CT molecular complexity index is 825. The second kappa shape index (κ2) is 3.92. The topological polar surface area (TPSA) is 109 Å². The number of carboxylic acids is 1. The molecule has 0 aliphatic carbocycles. The van der Waals surface area contributed by atoms with Crippen molar-refractivity contribution in [2.45, 2.75) is 0 Å². The molecule has 0 bridgehead atoms. The quantitative estimate of drug-likeness (QED) is 0.712. The normalized spacial score (nSPS) is 10.5. The summed E-state index contributed by atoms with van der Waals surface area (Å²) in [6.45, 7) is 0. The van der Waals surface area contributed by atoms with E-state index in [1.807, 2.05) is 0 Å². The second-order valence-electron chi connectivity index (χ2n) is 3.64. The first-order valence-corrected chi connectivity index (χ1v) is 5.23. The number of carboxylic acid groups (broad SMARTS) is 1. The molecule has 0 amide bonds. The molecule has 0 atom stereocenters. The van der Waals surface area contributed by atoms with Gasteiger partial charge in [-0.25, -0.2) is 14.8 Å². The van der Waals surface area contributed by atoms with E-state index in [1.54, 1.807) is 30.5 Å². The van der Waals surface area contributed by atoms with Gasteiger partial charge in [0.1, 0.15) is 18.0 Å². The molecule has 3 aromatic rings. The minimum atomic E-state index is -1.14. The van der Waals surface area contributed by atoms with Crippen molar-refractivity contribution in [3.05, 3.63) is 42.2 Å². The summed E-state index contributed by atoms with van der Waals surface area (Å²) < 4.78 is 2.61. The van der Waals surface area contributed by atoms with Gasteiger partial charge in [-0.1, -0.05) is 6.07 Å². The van der Waals surface area contributed by atoms with E-state index in [1.165, 1.54) is 15.4 Å². The average Bonchev–Trinajstić information content (AvgIpc) is 3.02. The van der Waals surface area contributed by atoms with Crippen molar-refractivity contribution in [2.24, 2.45) is 0 Å². The highest BCUT2D eigenvalue weighted by Gasteiger charge is 2.20. The highest BCUT2D eigenvalue weighted by molar-refractivity contribution is 5.90. The largest absolute Gasteiger partial charge is 0.476 e. The van der Waals surface area contributed by atoms with Crippen LogP contribution in [0.3, 0.4) is 0 Å². The summed E-state index contributed by atoms with van der Waals surface area (Å²) in [5.41, 5.74) is 0.439. The van der Waals surface area contributed by atoms with Gasteiger partial charge in [0, 0.05) is 6.20 Å². The van der Waals surface area contributed by atoms with Crippen LogP contribution in [-0.4, -0.2) is 35.2 Å². The molecule has 3 rings (SSSR count). The number of aromatic carboxylic acids is 1. The molecule has 0 saturated heterocycles. The molecule has 3 heterocycles. The zero-order valence-corrected chi connectivity index (χ0v) is 9.43. The lowest BCUT2D eigenvalue weighted by Crippen LogP contribution is -2.08. The molecule has 0 aromatic carbocycles. The Hall–Kier alpha value is -3.21. The van der Waals surface area contributed by atoms with Gasteiger partial charge >= 0.3 is 5.97 Å². The SMILES string of the molecule is N#Cc1ncn(-c2nc3ccccn3c2C(=O)O)n1. The molecule has 0 saturated carbocycles. The van der Waals surface area contributed by atoms with Gasteiger partial charge < -0.3 is 5.11 Å². The Morgan fingerprint density at radius 2 is 2.26 bits per heavy atom. The standard InChI is InChI=1S/C11H6N6O2/c12-5-7-13-6-17(15-7)10-9(11(18)19)16-4-2-1-3-8(16)14-10/h1-4,6H,(H,18,19). The minimum Gasteiger partial charge on any atom is -0.476 e. The van der Waals surface area contributed by atoms with Crippen molar-refractivity contribution >= 4 is 11.6 Å². The van der Waals surface area contributed by atoms with Crippen molar-refractivity contribution in [2.75, 3.05) is 0 Å². The third kappa shape index (κ3) is 1.61. The molecule has 19 heavy (non-hydrogen) atoms. The first-order valence-electron chi connectivity index (χ1n) is 5.23. The summed E-state index contributed by atoms with van der Waals surface area (Å²) in [6, 6.07) is 6.90. The number of nitriles is 1. The molecule has 0 aliphatic heterocycles. The molecule has 0 spiro atoms. The molecule has 0 radical (unpaired) electrons. The molecule has 8 heteroatoms. The first kappa shape index (κ1) is 10.9. The molecule has 92 valence electrons. The van der Waals surface area contributed by atoms with Crippen molar-refractivity contribution in [1.29, 1.82) is 5.26 Å². The maximum Gasteiger partial charge on any atom is 0.356 e. The summed E-state index contributed by atoms with van der Waals surface area (Å²) in [5, 5.41) is 21.8. The molecule has 0 fully saturated rings. The Labute approximate surface area is 106 Å². The third-order valence-corrected chi connectivity index (χ3v) is 2.52. The lowest BCUT2D eigenvalue weighted by Gasteiger charge is -1.98. The third-order valence-electron chi connectivity index (χ3n) is 2.52. The van der Waals surface area contributed by atoms with Crippen LogP contribution < -0.4 is 0 Å². The van der Waals surface area contributed by atoms with Gasteiger partial charge in [-0.15, -0.1) is 5.10 Å². The summed E-state index contributed by atoms with van der Waals surface area (Å²) >= 11 is 0. The van der Waals surface area contributed by atoms with Crippen LogP contribution in [0.4, 0.5) is 0 Å². The highest BCUT2D eigenvalue weighted by Crippen LogP contribution is 2.16. The number of imidazole rings is 1. The number of carbonyl (C=O) groups is 1. The monoisotopic (exact) mass is 254 g/mol. The van der Waals surface area contributed by atoms with E-state index in [4.69, 9.17) is 5.26 Å². The van der Waals surface area contributed by atoms with Gasteiger partial charge in [0.15, 0.2) is 11.5 Å². The van der Waals surface area contributed by atoms with E-state index in [0.717, 1.165) is 0 Å². The fraction of sp³-hybridized carbons (Fsp3) is 0. The van der Waals surface area contributed by atoms with E-state index in [0.29, 0.717) is 5.65 Å². The van der Waals surface area contributed by atoms with Gasteiger partial charge in [0.05, 0.1) is 0 Å². The highest BCUT2D eigenvalue weighted by atomic mass is 16.4. The number of rotatable bonds is 2. The van der Waals surface area contributed by atoms with E-state index in [2.05, 4.69) is 15.1 Å². The molecule has 1 N–H and O–H groups in total. The predicted molar refractivity (Wildman–Crippen MR) is 61.8 cm³/mol. The van der Waals surface area contributed by atoms with Crippen LogP contribution in [-0.2, 0) is 0 Å². The molecule has 3 aromatic heterocycles. The van der Waals surface area contributed by atoms with Crippen molar-refractivity contribution in [3.63, 3.8) is 0 Å². The van der Waals surface area contributed by atoms with Gasteiger partial charge in [-0.3, -0.25) is 4.40 Å². The summed E-state index contributed by atoms with van der Waals surface area (Å²) in [7, 11) is 0. The maximum atomic E-state index is 11.4. The lowest BCUT2D eigenvalue weighted by molar-refractivity contribution is 0.0689. The van der Waals surface area contributed by atoms with Crippen LogP contribution in [0, 0.1) is 11.3 Å². The molecule has 0 unspecified atom stereocenters. The zero-order valence-electron chi connectivity index (χ0n) is 9.43. The van der Waals surface area contributed by atoms with E-state index >= 15 is 0 Å². The minimum absolute atomic E-state index is 0.0370. The number of nitrogens with zero attached hydrogens (tertiary/aromatic N) is 6. The second-order valence-corrected chi connectivity index (χ2v) is 3.64. The van der Waals surface area contributed by atoms with Crippen molar-refractivity contribution in [3.8, 4) is 11.9 Å². The van der Waals surface area contributed by atoms with E-state index in [9.17, 15) is 9.90 Å². The van der Waals surface area contributed by atoms with Crippen molar-refractivity contribution in [1.82, 2.24) is 24.1 Å². The Morgan fingerprint density at radius 1 is 1.42 bits per heavy atom. The van der Waals surface area contributed by atoms with Crippen LogP contribution >= 0.6 is 0 Å². The summed E-state index contributed by atoms with van der Waals surface area (Å²) in [6.07, 6.45) is 2.85. The lowest BCUT2D eigenvalue weighted by atomic mass is 10.4. The predicted octanol–water partition coefficient (Wildman–Crippen LogP) is 0.485. The smallest absolute Gasteiger partial charge is 0.356 e. The molecule has 0 aliphatic rings. The van der Waals surface area contributed by atoms with Crippen LogP contribution in [0.5, 0.6) is 0 Å². The maximum absolute atomic E-state index is 11.4. The number of hydrogen-bond donors (Lipinski definition) is 1. The van der Waals surface area contributed by atoms with Gasteiger partial charge in [0.2, 0.25) is 0 Å². The Balaban J connectivity index is 2.31. The van der Waals surface area contributed by atoms with Gasteiger partial charge in [-0.05, 0) is 12.1 Å². The Kier molecular flexibility index (Phi) is 2.25. The van der Waals surface area contributed by atoms with E-state index < -0.39 is 5.97 Å². The fourth-order valence-electron chi connectivity index (χ4n) is 1.76. The van der Waals surface area contributed by atoms with Crippen LogP contribution in [0.2, 0.25) is 0 Å². The van der Waals surface area contributed by atoms with Crippen molar-refractivity contribution < 1.29 is 9.90 Å². The van der Waals surface area contributed by atoms with Gasteiger partial charge in [0.25, 0.3) is 5.82 Å². The summed E-state index contributed by atoms with van der Waals surface area (Å²) in [4.78, 5) is 19.3. The number of hydrogen-bond acceptors (Lipinski definition) is 5. The average molecular weight is 254 g/mol. The Morgan fingerprint density at radius 3 is 2.95 bits per heavy atom. The summed E-state index contributed by atoms with van der Waals surface area (Å²) in [5.74, 6) is -1.07. The number of fused-ring (bicyclic) bond motifs is 1. The van der Waals surface area contributed by atoms with Crippen LogP contribution in [0.25, 0.3) is 11.5 Å². The first-order chi connectivity index (χ1) is 9.20. The van der Waals surface area contributed by atoms with Crippen LogP contribution in [0.15, 0.2) is 30.7 Å². The molecule has 8 nitrogen and oxygen atoms in total.